The molecule has 1 amide bonds. The molecule has 0 saturated heterocycles. The molecule has 0 spiro atoms. The summed E-state index contributed by atoms with van der Waals surface area (Å²) in [6.45, 7) is 0. The molecule has 1 heterocycles. The molecule has 4 rings (SSSR count). The monoisotopic (exact) mass is 411 g/mol. The van der Waals surface area contributed by atoms with Crippen LogP contribution in [0.15, 0.2) is 88.7 Å². The quantitative estimate of drug-likeness (QED) is 0.469. The SMILES string of the molecule is O=C(CSc1ccc(Cl)cc1)N1c2ccccc2SC[C@@H]1c1ccccc1. The fourth-order valence-electron chi connectivity index (χ4n) is 3.16. The van der Waals surface area contributed by atoms with Crippen LogP contribution in [0.1, 0.15) is 11.6 Å². The number of anilines is 1. The summed E-state index contributed by atoms with van der Waals surface area (Å²) < 4.78 is 0. The zero-order valence-electron chi connectivity index (χ0n) is 14.5. The van der Waals surface area contributed by atoms with Crippen LogP contribution < -0.4 is 4.90 Å². The Balaban J connectivity index is 1.61. The number of para-hydroxylation sites is 1. The molecule has 1 atom stereocenters. The van der Waals surface area contributed by atoms with Crippen molar-refractivity contribution in [3.8, 4) is 0 Å². The summed E-state index contributed by atoms with van der Waals surface area (Å²) in [7, 11) is 0. The van der Waals surface area contributed by atoms with Crippen LogP contribution >= 0.6 is 35.1 Å². The van der Waals surface area contributed by atoms with Crippen LogP contribution in [0.5, 0.6) is 0 Å². The van der Waals surface area contributed by atoms with Gasteiger partial charge < -0.3 is 4.90 Å². The van der Waals surface area contributed by atoms with Gasteiger partial charge in [0.15, 0.2) is 0 Å². The van der Waals surface area contributed by atoms with Crippen molar-refractivity contribution in [2.24, 2.45) is 0 Å². The highest BCUT2D eigenvalue weighted by Crippen LogP contribution is 2.43. The number of hydrogen-bond acceptors (Lipinski definition) is 3. The lowest BCUT2D eigenvalue weighted by Crippen LogP contribution is -2.39. The van der Waals surface area contributed by atoms with Crippen LogP contribution in [-0.2, 0) is 4.79 Å². The third kappa shape index (κ3) is 4.18. The van der Waals surface area contributed by atoms with E-state index < -0.39 is 0 Å². The number of carbonyl (C=O) groups excluding carboxylic acids is 1. The van der Waals surface area contributed by atoms with Crippen molar-refractivity contribution >= 4 is 46.7 Å². The molecule has 0 bridgehead atoms. The summed E-state index contributed by atoms with van der Waals surface area (Å²) in [5, 5.41) is 0.705. The zero-order valence-corrected chi connectivity index (χ0v) is 16.9. The van der Waals surface area contributed by atoms with Gasteiger partial charge in [0.2, 0.25) is 5.91 Å². The van der Waals surface area contributed by atoms with Crippen LogP contribution in [0, 0.1) is 0 Å². The Bertz CT molecular complexity index is 931. The van der Waals surface area contributed by atoms with Gasteiger partial charge in [0, 0.05) is 20.6 Å². The van der Waals surface area contributed by atoms with E-state index in [-0.39, 0.29) is 11.9 Å². The van der Waals surface area contributed by atoms with Gasteiger partial charge in [-0.1, -0.05) is 54.1 Å². The Hall–Kier alpha value is -1.88. The minimum absolute atomic E-state index is 0.0458. The molecule has 1 aliphatic heterocycles. The largest absolute Gasteiger partial charge is 0.302 e. The van der Waals surface area contributed by atoms with Crippen LogP contribution in [0.3, 0.4) is 0 Å². The molecular weight excluding hydrogens is 394 g/mol. The predicted molar refractivity (Wildman–Crippen MR) is 116 cm³/mol. The van der Waals surface area contributed by atoms with E-state index in [1.807, 2.05) is 77.3 Å². The molecule has 0 fully saturated rings. The number of carbonyl (C=O) groups is 1. The van der Waals surface area contributed by atoms with Gasteiger partial charge in [0.25, 0.3) is 0 Å². The van der Waals surface area contributed by atoms with Crippen molar-refractivity contribution in [2.45, 2.75) is 15.8 Å². The molecule has 3 aromatic carbocycles. The number of rotatable bonds is 4. The second-order valence-corrected chi connectivity index (χ2v) is 8.76. The maximum Gasteiger partial charge on any atom is 0.237 e. The van der Waals surface area contributed by atoms with Gasteiger partial charge in [-0.3, -0.25) is 4.79 Å². The van der Waals surface area contributed by atoms with E-state index in [1.54, 1.807) is 11.8 Å². The van der Waals surface area contributed by atoms with Crippen LogP contribution in [-0.4, -0.2) is 17.4 Å². The van der Waals surface area contributed by atoms with Crippen LogP contribution in [0.4, 0.5) is 5.69 Å². The first-order valence-corrected chi connectivity index (χ1v) is 11.0. The highest BCUT2D eigenvalue weighted by atomic mass is 35.5. The van der Waals surface area contributed by atoms with E-state index >= 15 is 0 Å². The summed E-state index contributed by atoms with van der Waals surface area (Å²) in [6, 6.07) is 26.1. The van der Waals surface area contributed by atoms with Gasteiger partial charge in [-0.25, -0.2) is 0 Å². The third-order valence-corrected chi connectivity index (χ3v) is 6.85. The summed E-state index contributed by atoms with van der Waals surface area (Å²) in [5.41, 5.74) is 2.17. The minimum Gasteiger partial charge on any atom is -0.302 e. The van der Waals surface area contributed by atoms with Crippen molar-refractivity contribution in [2.75, 3.05) is 16.4 Å². The van der Waals surface area contributed by atoms with E-state index in [1.165, 1.54) is 5.56 Å². The molecule has 0 radical (unpaired) electrons. The molecule has 2 nitrogen and oxygen atoms in total. The first kappa shape index (κ1) is 18.5. The van der Waals surface area contributed by atoms with Gasteiger partial charge in [0.1, 0.15) is 0 Å². The molecule has 0 N–H and O–H groups in total. The van der Waals surface area contributed by atoms with Gasteiger partial charge in [-0.15, -0.1) is 23.5 Å². The molecule has 0 unspecified atom stereocenters. The average molecular weight is 412 g/mol. The molecule has 27 heavy (non-hydrogen) atoms. The number of benzene rings is 3. The van der Waals surface area contributed by atoms with Crippen molar-refractivity contribution < 1.29 is 4.79 Å². The molecule has 3 aromatic rings. The minimum atomic E-state index is 0.0458. The lowest BCUT2D eigenvalue weighted by Gasteiger charge is -2.37. The average Bonchev–Trinajstić information content (AvgIpc) is 2.73. The van der Waals surface area contributed by atoms with E-state index in [9.17, 15) is 4.79 Å². The van der Waals surface area contributed by atoms with Crippen LogP contribution in [0.2, 0.25) is 5.02 Å². The first-order chi connectivity index (χ1) is 13.2. The van der Waals surface area contributed by atoms with Crippen molar-refractivity contribution in [3.63, 3.8) is 0 Å². The van der Waals surface area contributed by atoms with Crippen molar-refractivity contribution in [1.29, 1.82) is 0 Å². The maximum absolute atomic E-state index is 13.3. The van der Waals surface area contributed by atoms with E-state index in [0.29, 0.717) is 10.8 Å². The third-order valence-electron chi connectivity index (χ3n) is 4.46. The smallest absolute Gasteiger partial charge is 0.237 e. The molecule has 1 aliphatic rings. The standard InChI is InChI=1S/C22H18ClNOS2/c23-17-10-12-18(13-11-17)26-15-22(25)24-19-8-4-5-9-21(19)27-14-20(24)16-6-2-1-3-7-16/h1-13,20H,14-15H2/t20-/m1/s1. The molecule has 0 aromatic heterocycles. The number of halogens is 1. The second-order valence-electron chi connectivity index (χ2n) is 6.21. The van der Waals surface area contributed by atoms with E-state index in [4.69, 9.17) is 11.6 Å². The zero-order chi connectivity index (χ0) is 18.6. The number of amides is 1. The summed E-state index contributed by atoms with van der Waals surface area (Å²) in [5.74, 6) is 1.37. The number of nitrogens with zero attached hydrogens (tertiary/aromatic N) is 1. The molecule has 0 saturated carbocycles. The Labute approximate surface area is 172 Å². The normalized spacial score (nSPS) is 16.0. The fraction of sp³-hybridized carbons (Fsp3) is 0.136. The first-order valence-electron chi connectivity index (χ1n) is 8.69. The van der Waals surface area contributed by atoms with Crippen LogP contribution in [0.25, 0.3) is 0 Å². The molecule has 5 heteroatoms. The number of fused-ring (bicyclic) bond motifs is 1. The highest BCUT2D eigenvalue weighted by molar-refractivity contribution is 8.00. The highest BCUT2D eigenvalue weighted by Gasteiger charge is 2.32. The van der Waals surface area contributed by atoms with E-state index in [0.717, 1.165) is 21.2 Å². The number of thioether (sulfide) groups is 2. The Morgan fingerprint density at radius 1 is 1.00 bits per heavy atom. The van der Waals surface area contributed by atoms with Gasteiger partial charge in [-0.05, 0) is 42.0 Å². The number of hydrogen-bond donors (Lipinski definition) is 0. The van der Waals surface area contributed by atoms with Crippen molar-refractivity contribution in [1.82, 2.24) is 0 Å². The summed E-state index contributed by atoms with van der Waals surface area (Å²) >= 11 is 9.31. The second kappa shape index (κ2) is 8.42. The lowest BCUT2D eigenvalue weighted by atomic mass is 10.1. The summed E-state index contributed by atoms with van der Waals surface area (Å²) in [4.78, 5) is 17.4. The predicted octanol–water partition coefficient (Wildman–Crippen LogP) is 6.31. The van der Waals surface area contributed by atoms with Gasteiger partial charge >= 0.3 is 0 Å². The van der Waals surface area contributed by atoms with E-state index in [2.05, 4.69) is 18.2 Å². The maximum atomic E-state index is 13.3. The van der Waals surface area contributed by atoms with Crippen molar-refractivity contribution in [3.05, 3.63) is 89.4 Å². The lowest BCUT2D eigenvalue weighted by molar-refractivity contribution is -0.116. The Morgan fingerprint density at radius 2 is 1.70 bits per heavy atom. The topological polar surface area (TPSA) is 20.3 Å². The summed E-state index contributed by atoms with van der Waals surface area (Å²) in [6.07, 6.45) is 0. The molecule has 0 aliphatic carbocycles. The fourth-order valence-corrected chi connectivity index (χ4v) is 5.22. The Kier molecular flexibility index (Phi) is 5.77. The Morgan fingerprint density at radius 3 is 2.48 bits per heavy atom. The van der Waals surface area contributed by atoms with Gasteiger partial charge in [-0.2, -0.15) is 0 Å². The molecular formula is C22H18ClNOS2. The van der Waals surface area contributed by atoms with Gasteiger partial charge in [0.05, 0.1) is 17.5 Å². The molecule has 136 valence electrons.